The van der Waals surface area contributed by atoms with E-state index in [1.165, 1.54) is 0 Å². The SMILES string of the molecule is Nc1ccc(C(=O)OC2CCS(=O)(=O)C2)cc1. The van der Waals surface area contributed by atoms with Crippen LogP contribution < -0.4 is 5.73 Å². The van der Waals surface area contributed by atoms with Crippen LogP contribution in [-0.2, 0) is 14.6 Å². The minimum atomic E-state index is -3.03. The largest absolute Gasteiger partial charge is 0.458 e. The number of sulfone groups is 1. The summed E-state index contributed by atoms with van der Waals surface area (Å²) in [5, 5.41) is 0. The molecule has 2 rings (SSSR count). The molecule has 1 aromatic rings. The van der Waals surface area contributed by atoms with E-state index in [-0.39, 0.29) is 11.5 Å². The van der Waals surface area contributed by atoms with Gasteiger partial charge in [-0.15, -0.1) is 0 Å². The predicted octanol–water partition coefficient (Wildman–Crippen LogP) is 0.613. The van der Waals surface area contributed by atoms with Crippen LogP contribution in [0.1, 0.15) is 16.8 Å². The maximum absolute atomic E-state index is 11.7. The molecule has 0 bridgehead atoms. The van der Waals surface area contributed by atoms with Gasteiger partial charge in [-0.05, 0) is 30.7 Å². The van der Waals surface area contributed by atoms with Crippen LogP contribution in [0.4, 0.5) is 5.69 Å². The highest BCUT2D eigenvalue weighted by atomic mass is 32.2. The number of ether oxygens (including phenoxy) is 1. The van der Waals surface area contributed by atoms with E-state index in [9.17, 15) is 13.2 Å². The van der Waals surface area contributed by atoms with Gasteiger partial charge in [0.05, 0.1) is 17.1 Å². The summed E-state index contributed by atoms with van der Waals surface area (Å²) >= 11 is 0. The van der Waals surface area contributed by atoms with Crippen molar-refractivity contribution in [1.29, 1.82) is 0 Å². The number of nitrogen functional groups attached to an aromatic ring is 1. The van der Waals surface area contributed by atoms with Crippen LogP contribution in [0.15, 0.2) is 24.3 Å². The predicted molar refractivity (Wildman–Crippen MR) is 63.3 cm³/mol. The average molecular weight is 255 g/mol. The summed E-state index contributed by atoms with van der Waals surface area (Å²) in [5.74, 6) is -0.493. The fourth-order valence-corrected chi connectivity index (χ4v) is 3.28. The highest BCUT2D eigenvalue weighted by Crippen LogP contribution is 2.17. The van der Waals surface area contributed by atoms with E-state index in [1.807, 2.05) is 0 Å². The Hall–Kier alpha value is -1.56. The lowest BCUT2D eigenvalue weighted by Crippen LogP contribution is -2.19. The summed E-state index contributed by atoms with van der Waals surface area (Å²) in [4.78, 5) is 11.7. The molecule has 1 unspecified atom stereocenters. The van der Waals surface area contributed by atoms with Crippen LogP contribution in [-0.4, -0.2) is 32.0 Å². The number of rotatable bonds is 2. The Morgan fingerprint density at radius 2 is 1.94 bits per heavy atom. The lowest BCUT2D eigenvalue weighted by atomic mass is 10.2. The Morgan fingerprint density at radius 1 is 1.29 bits per heavy atom. The number of hydrogen-bond donors (Lipinski definition) is 1. The Kier molecular flexibility index (Phi) is 3.06. The van der Waals surface area contributed by atoms with Crippen molar-refractivity contribution < 1.29 is 17.9 Å². The standard InChI is InChI=1S/C11H13NO4S/c12-9-3-1-8(2-4-9)11(13)16-10-5-6-17(14,15)7-10/h1-4,10H,5-7,12H2. The second kappa shape index (κ2) is 4.37. The lowest BCUT2D eigenvalue weighted by Gasteiger charge is -2.10. The van der Waals surface area contributed by atoms with Crippen molar-refractivity contribution in [2.24, 2.45) is 0 Å². The summed E-state index contributed by atoms with van der Waals surface area (Å²) in [5.41, 5.74) is 6.43. The Bertz CT molecular complexity index is 521. The second-order valence-electron chi connectivity index (χ2n) is 4.05. The molecule has 92 valence electrons. The molecule has 6 heteroatoms. The van der Waals surface area contributed by atoms with Crippen molar-refractivity contribution in [3.05, 3.63) is 29.8 Å². The van der Waals surface area contributed by atoms with Crippen LogP contribution in [0.2, 0.25) is 0 Å². The number of carbonyl (C=O) groups excluding carboxylic acids is 1. The normalized spacial score (nSPS) is 22.2. The van der Waals surface area contributed by atoms with Gasteiger partial charge in [-0.3, -0.25) is 0 Å². The molecule has 1 atom stereocenters. The van der Waals surface area contributed by atoms with Gasteiger partial charge in [0.1, 0.15) is 6.10 Å². The summed E-state index contributed by atoms with van der Waals surface area (Å²) < 4.78 is 27.5. The first-order chi connectivity index (χ1) is 7.96. The topological polar surface area (TPSA) is 86.5 Å². The molecule has 17 heavy (non-hydrogen) atoms. The number of hydrogen-bond acceptors (Lipinski definition) is 5. The Labute approximate surface area is 99.5 Å². The number of esters is 1. The van der Waals surface area contributed by atoms with Gasteiger partial charge in [0.15, 0.2) is 9.84 Å². The highest BCUT2D eigenvalue weighted by molar-refractivity contribution is 7.91. The molecule has 1 saturated heterocycles. The van der Waals surface area contributed by atoms with E-state index in [0.29, 0.717) is 17.7 Å². The van der Waals surface area contributed by atoms with E-state index < -0.39 is 21.9 Å². The van der Waals surface area contributed by atoms with Crippen LogP contribution >= 0.6 is 0 Å². The van der Waals surface area contributed by atoms with Crippen molar-refractivity contribution in [1.82, 2.24) is 0 Å². The van der Waals surface area contributed by atoms with E-state index in [4.69, 9.17) is 10.5 Å². The quantitative estimate of drug-likeness (QED) is 0.618. The van der Waals surface area contributed by atoms with Gasteiger partial charge in [0.25, 0.3) is 0 Å². The van der Waals surface area contributed by atoms with Gasteiger partial charge < -0.3 is 10.5 Å². The molecular weight excluding hydrogens is 242 g/mol. The third-order valence-electron chi connectivity index (χ3n) is 2.61. The van der Waals surface area contributed by atoms with Crippen LogP contribution in [0, 0.1) is 0 Å². The van der Waals surface area contributed by atoms with Gasteiger partial charge in [-0.2, -0.15) is 0 Å². The van der Waals surface area contributed by atoms with Gasteiger partial charge in [-0.1, -0.05) is 0 Å². The maximum Gasteiger partial charge on any atom is 0.338 e. The van der Waals surface area contributed by atoms with Crippen LogP contribution in [0.5, 0.6) is 0 Å². The number of benzene rings is 1. The zero-order valence-corrected chi connectivity index (χ0v) is 9.94. The maximum atomic E-state index is 11.7. The Balaban J connectivity index is 2.01. The third kappa shape index (κ3) is 2.97. The van der Waals surface area contributed by atoms with Crippen molar-refractivity contribution >= 4 is 21.5 Å². The van der Waals surface area contributed by atoms with Crippen LogP contribution in [0.3, 0.4) is 0 Å². The summed E-state index contributed by atoms with van der Waals surface area (Å²) in [7, 11) is -3.03. The van der Waals surface area contributed by atoms with E-state index >= 15 is 0 Å². The Morgan fingerprint density at radius 3 is 2.47 bits per heavy atom. The van der Waals surface area contributed by atoms with E-state index in [2.05, 4.69) is 0 Å². The van der Waals surface area contributed by atoms with Crippen molar-refractivity contribution in [3.8, 4) is 0 Å². The van der Waals surface area contributed by atoms with Gasteiger partial charge in [0, 0.05) is 5.69 Å². The minimum absolute atomic E-state index is 0.0757. The summed E-state index contributed by atoms with van der Waals surface area (Å²) in [6.45, 7) is 0. The van der Waals surface area contributed by atoms with Gasteiger partial charge in [0.2, 0.25) is 0 Å². The summed E-state index contributed by atoms with van der Waals surface area (Å²) in [6.07, 6.45) is -0.145. The van der Waals surface area contributed by atoms with Crippen molar-refractivity contribution in [2.75, 3.05) is 17.2 Å². The first kappa shape index (κ1) is 11.9. The molecule has 0 spiro atoms. The molecule has 1 heterocycles. The molecule has 0 aliphatic carbocycles. The molecule has 1 aromatic carbocycles. The van der Waals surface area contributed by atoms with Crippen molar-refractivity contribution in [2.45, 2.75) is 12.5 Å². The molecule has 2 N–H and O–H groups in total. The first-order valence-corrected chi connectivity index (χ1v) is 7.05. The number of anilines is 1. The van der Waals surface area contributed by atoms with Gasteiger partial charge >= 0.3 is 5.97 Å². The molecule has 1 aliphatic heterocycles. The average Bonchev–Trinajstić information content (AvgIpc) is 2.59. The highest BCUT2D eigenvalue weighted by Gasteiger charge is 2.30. The van der Waals surface area contributed by atoms with Crippen LogP contribution in [0.25, 0.3) is 0 Å². The fraction of sp³-hybridized carbons (Fsp3) is 0.364. The molecule has 0 radical (unpaired) electrons. The molecule has 0 amide bonds. The van der Waals surface area contributed by atoms with E-state index in [1.54, 1.807) is 24.3 Å². The number of nitrogens with two attached hydrogens (primary N) is 1. The third-order valence-corrected chi connectivity index (χ3v) is 4.35. The van der Waals surface area contributed by atoms with Crippen molar-refractivity contribution in [3.63, 3.8) is 0 Å². The molecule has 1 fully saturated rings. The van der Waals surface area contributed by atoms with E-state index in [0.717, 1.165) is 0 Å². The molecule has 1 aliphatic rings. The molecule has 0 aromatic heterocycles. The smallest absolute Gasteiger partial charge is 0.338 e. The molecular formula is C11H13NO4S. The number of carbonyl (C=O) groups is 1. The lowest BCUT2D eigenvalue weighted by molar-refractivity contribution is 0.0356. The second-order valence-corrected chi connectivity index (χ2v) is 6.28. The minimum Gasteiger partial charge on any atom is -0.458 e. The fourth-order valence-electron chi connectivity index (χ4n) is 1.69. The zero-order chi connectivity index (χ0) is 12.5. The molecule has 5 nitrogen and oxygen atoms in total. The van der Waals surface area contributed by atoms with Gasteiger partial charge in [-0.25, -0.2) is 13.2 Å². The summed E-state index contributed by atoms with van der Waals surface area (Å²) in [6, 6.07) is 6.31. The first-order valence-electron chi connectivity index (χ1n) is 5.23. The zero-order valence-electron chi connectivity index (χ0n) is 9.13. The monoisotopic (exact) mass is 255 g/mol. The molecule has 0 saturated carbocycles.